The smallest absolute Gasteiger partial charge is 0.128 e. The summed E-state index contributed by atoms with van der Waals surface area (Å²) in [5.74, 6) is 1.60. The molecule has 1 unspecified atom stereocenters. The van der Waals surface area contributed by atoms with Gasteiger partial charge in [-0.3, -0.25) is 0 Å². The van der Waals surface area contributed by atoms with Crippen molar-refractivity contribution >= 4 is 22.6 Å². The molecular weight excluding hydrogens is 288 g/mol. The van der Waals surface area contributed by atoms with Crippen LogP contribution in [0.3, 0.4) is 0 Å². The lowest BCUT2D eigenvalue weighted by Gasteiger charge is -2.10. The third-order valence-electron chi connectivity index (χ3n) is 3.29. The second-order valence-electron chi connectivity index (χ2n) is 4.74. The molecule has 0 aliphatic heterocycles. The fourth-order valence-corrected chi connectivity index (χ4v) is 2.46. The second kappa shape index (κ2) is 5.69. The van der Waals surface area contributed by atoms with E-state index in [2.05, 4.69) is 19.7 Å². The van der Waals surface area contributed by atoms with E-state index in [0.717, 1.165) is 28.3 Å². The second-order valence-corrected chi connectivity index (χ2v) is 5.40. The number of rotatable bonds is 4. The quantitative estimate of drug-likeness (QED) is 0.695. The molecule has 0 radical (unpaired) electrons. The van der Waals surface area contributed by atoms with Gasteiger partial charge in [0.15, 0.2) is 0 Å². The summed E-state index contributed by atoms with van der Waals surface area (Å²) in [4.78, 5) is 4.61. The number of halogens is 1. The highest BCUT2D eigenvalue weighted by Crippen LogP contribution is 2.27. The maximum Gasteiger partial charge on any atom is 0.128 e. The van der Waals surface area contributed by atoms with Crippen LogP contribution in [0.25, 0.3) is 11.0 Å². The first-order chi connectivity index (χ1) is 10.2. The van der Waals surface area contributed by atoms with E-state index in [1.807, 2.05) is 37.3 Å². The number of aromatic nitrogens is 4. The van der Waals surface area contributed by atoms with Crippen LogP contribution >= 0.6 is 11.6 Å². The zero-order chi connectivity index (χ0) is 14.8. The number of hydrogen-bond donors (Lipinski definition) is 0. The van der Waals surface area contributed by atoms with Crippen molar-refractivity contribution in [2.75, 3.05) is 7.11 Å². The Morgan fingerprint density at radius 1 is 1.33 bits per heavy atom. The molecule has 0 aliphatic carbocycles. The molecule has 6 heteroatoms. The molecule has 108 valence electrons. The Morgan fingerprint density at radius 2 is 2.19 bits per heavy atom. The lowest BCUT2D eigenvalue weighted by Crippen LogP contribution is -2.07. The van der Waals surface area contributed by atoms with E-state index < -0.39 is 0 Å². The van der Waals surface area contributed by atoms with Crippen molar-refractivity contribution < 1.29 is 4.74 Å². The number of methoxy groups -OCH3 is 1. The predicted molar refractivity (Wildman–Crippen MR) is 81.7 cm³/mol. The number of imidazole rings is 1. The minimum absolute atomic E-state index is 0.194. The summed E-state index contributed by atoms with van der Waals surface area (Å²) >= 11 is 6.27. The molecule has 1 aromatic carbocycles. The highest BCUT2D eigenvalue weighted by Gasteiger charge is 2.16. The van der Waals surface area contributed by atoms with Crippen molar-refractivity contribution in [2.24, 2.45) is 0 Å². The number of hydrogen-bond acceptors (Lipinski definition) is 4. The molecule has 0 saturated heterocycles. The van der Waals surface area contributed by atoms with Gasteiger partial charge >= 0.3 is 0 Å². The van der Waals surface area contributed by atoms with E-state index in [4.69, 9.17) is 16.3 Å². The Hall–Kier alpha value is -2.14. The fourth-order valence-electron chi connectivity index (χ4n) is 2.30. The van der Waals surface area contributed by atoms with Crippen LogP contribution in [0.4, 0.5) is 0 Å². The minimum atomic E-state index is -0.194. The molecule has 0 amide bonds. The Kier molecular flexibility index (Phi) is 3.75. The highest BCUT2D eigenvalue weighted by atomic mass is 35.5. The van der Waals surface area contributed by atoms with Gasteiger partial charge in [0, 0.05) is 12.3 Å². The summed E-state index contributed by atoms with van der Waals surface area (Å²) in [6, 6.07) is 9.59. The zero-order valence-corrected chi connectivity index (χ0v) is 12.6. The average Bonchev–Trinajstić information content (AvgIpc) is 2.86. The van der Waals surface area contributed by atoms with Gasteiger partial charge in [0.05, 0.1) is 35.8 Å². The largest absolute Gasteiger partial charge is 0.497 e. The normalized spacial score (nSPS) is 12.5. The maximum absolute atomic E-state index is 6.27. The summed E-state index contributed by atoms with van der Waals surface area (Å²) < 4.78 is 7.35. The third-order valence-corrected chi connectivity index (χ3v) is 3.48. The van der Waals surface area contributed by atoms with Crippen molar-refractivity contribution in [3.05, 3.63) is 48.0 Å². The molecule has 3 aromatic rings. The Balaban J connectivity index is 2.14. The first-order valence-electron chi connectivity index (χ1n) is 6.64. The van der Waals surface area contributed by atoms with Crippen LogP contribution < -0.4 is 4.74 Å². The van der Waals surface area contributed by atoms with Crippen molar-refractivity contribution in [1.29, 1.82) is 0 Å². The number of nitrogens with zero attached hydrogens (tertiary/aromatic N) is 4. The van der Waals surface area contributed by atoms with Crippen LogP contribution in [0.2, 0.25) is 0 Å². The molecule has 5 nitrogen and oxygen atoms in total. The maximum atomic E-state index is 6.27. The van der Waals surface area contributed by atoms with E-state index in [9.17, 15) is 0 Å². The first kappa shape index (κ1) is 13.8. The lowest BCUT2D eigenvalue weighted by molar-refractivity contribution is 0.415. The lowest BCUT2D eigenvalue weighted by atomic mass is 10.3. The van der Waals surface area contributed by atoms with Crippen LogP contribution in [-0.2, 0) is 6.54 Å². The Morgan fingerprint density at radius 3 is 2.86 bits per heavy atom. The Labute approximate surface area is 127 Å². The molecule has 0 N–H and O–H groups in total. The van der Waals surface area contributed by atoms with Gasteiger partial charge in [-0.15, -0.1) is 11.6 Å². The summed E-state index contributed by atoms with van der Waals surface area (Å²) in [5.41, 5.74) is 2.72. The predicted octanol–water partition coefficient (Wildman–Crippen LogP) is 3.18. The minimum Gasteiger partial charge on any atom is -0.497 e. The van der Waals surface area contributed by atoms with E-state index in [0.29, 0.717) is 6.54 Å². The highest BCUT2D eigenvalue weighted by molar-refractivity contribution is 6.20. The molecule has 3 rings (SSSR count). The van der Waals surface area contributed by atoms with E-state index in [1.165, 1.54) is 0 Å². The Bertz CT molecular complexity index is 755. The number of fused-ring (bicyclic) bond motifs is 1. The number of benzene rings is 1. The molecular formula is C15H15ClN4O. The summed E-state index contributed by atoms with van der Waals surface area (Å²) in [7, 11) is 1.65. The average molecular weight is 303 g/mol. The van der Waals surface area contributed by atoms with Gasteiger partial charge in [-0.05, 0) is 31.2 Å². The van der Waals surface area contributed by atoms with Gasteiger partial charge in [-0.1, -0.05) is 0 Å². The molecule has 0 spiro atoms. The SMILES string of the molecule is COc1ccc2nc(C(C)Cl)n(Cc3cccnn3)c2c1. The van der Waals surface area contributed by atoms with E-state index >= 15 is 0 Å². The van der Waals surface area contributed by atoms with Gasteiger partial charge in [0.25, 0.3) is 0 Å². The van der Waals surface area contributed by atoms with Crippen molar-refractivity contribution in [1.82, 2.24) is 19.7 Å². The van der Waals surface area contributed by atoms with Gasteiger partial charge in [-0.2, -0.15) is 10.2 Å². The molecule has 21 heavy (non-hydrogen) atoms. The van der Waals surface area contributed by atoms with E-state index in [-0.39, 0.29) is 5.38 Å². The molecule has 1 atom stereocenters. The standard InChI is InChI=1S/C15H15ClN4O/c1-10(16)15-18-13-6-5-12(21-2)8-14(13)20(15)9-11-4-3-7-17-19-11/h3-8,10H,9H2,1-2H3. The van der Waals surface area contributed by atoms with Gasteiger partial charge in [0.2, 0.25) is 0 Å². The van der Waals surface area contributed by atoms with Crippen LogP contribution in [-0.4, -0.2) is 26.9 Å². The van der Waals surface area contributed by atoms with Crippen molar-refractivity contribution in [3.63, 3.8) is 0 Å². The van der Waals surface area contributed by atoms with Gasteiger partial charge in [-0.25, -0.2) is 4.98 Å². The zero-order valence-electron chi connectivity index (χ0n) is 11.8. The molecule has 0 aliphatic rings. The molecule has 0 bridgehead atoms. The fraction of sp³-hybridized carbons (Fsp3) is 0.267. The summed E-state index contributed by atoms with van der Waals surface area (Å²) in [5, 5.41) is 7.85. The summed E-state index contributed by atoms with van der Waals surface area (Å²) in [6.07, 6.45) is 1.66. The van der Waals surface area contributed by atoms with E-state index in [1.54, 1.807) is 13.3 Å². The molecule has 0 saturated carbocycles. The molecule has 2 aromatic heterocycles. The topological polar surface area (TPSA) is 52.8 Å². The van der Waals surface area contributed by atoms with Crippen molar-refractivity contribution in [2.45, 2.75) is 18.8 Å². The number of alkyl halides is 1. The molecule has 0 fully saturated rings. The first-order valence-corrected chi connectivity index (χ1v) is 7.07. The number of ether oxygens (including phenoxy) is 1. The van der Waals surface area contributed by atoms with Crippen LogP contribution in [0.5, 0.6) is 5.75 Å². The molecule has 2 heterocycles. The van der Waals surface area contributed by atoms with Gasteiger partial charge in [0.1, 0.15) is 11.6 Å². The van der Waals surface area contributed by atoms with Crippen LogP contribution in [0.1, 0.15) is 23.8 Å². The third kappa shape index (κ3) is 2.69. The van der Waals surface area contributed by atoms with Crippen LogP contribution in [0.15, 0.2) is 36.5 Å². The van der Waals surface area contributed by atoms with Gasteiger partial charge < -0.3 is 9.30 Å². The van der Waals surface area contributed by atoms with Crippen LogP contribution in [0, 0.1) is 0 Å². The van der Waals surface area contributed by atoms with Crippen molar-refractivity contribution in [3.8, 4) is 5.75 Å². The monoisotopic (exact) mass is 302 g/mol. The summed E-state index contributed by atoms with van der Waals surface area (Å²) in [6.45, 7) is 2.48.